The van der Waals surface area contributed by atoms with Crippen LogP contribution in [0, 0.1) is 0 Å². The lowest BCUT2D eigenvalue weighted by molar-refractivity contribution is -0.112. The summed E-state index contributed by atoms with van der Waals surface area (Å²) in [5, 5.41) is 8.68. The van der Waals surface area contributed by atoms with E-state index < -0.39 is 14.1 Å². The summed E-state index contributed by atoms with van der Waals surface area (Å²) in [6.45, 7) is 3.52. The Hall–Kier alpha value is -0.180. The van der Waals surface area contributed by atoms with Crippen LogP contribution in [0.3, 0.4) is 0 Å². The van der Waals surface area contributed by atoms with Crippen molar-refractivity contribution in [1.82, 2.24) is 0 Å². The van der Waals surface area contributed by atoms with Crippen molar-refractivity contribution in [1.29, 1.82) is 0 Å². The molecule has 0 saturated heterocycles. The number of carbonyl (C=O) groups is 1. The number of unbranched alkanes of at least 4 members (excludes halogenated alkanes) is 4. The van der Waals surface area contributed by atoms with Gasteiger partial charge in [-0.3, -0.25) is 9.36 Å². The Bertz CT molecular complexity index is 218. The second-order valence-corrected chi connectivity index (χ2v) is 5.35. The molecule has 0 aliphatic rings. The van der Waals surface area contributed by atoms with E-state index in [1.54, 1.807) is 6.92 Å². The van der Waals surface area contributed by atoms with Crippen LogP contribution in [0.15, 0.2) is 0 Å². The molecule has 0 saturated carbocycles. The predicted molar refractivity (Wildman–Crippen MR) is 65.0 cm³/mol. The summed E-state index contributed by atoms with van der Waals surface area (Å²) in [6.07, 6.45) is 5.08. The molecule has 0 rings (SSSR count). The van der Waals surface area contributed by atoms with Crippen molar-refractivity contribution in [3.8, 4) is 0 Å². The molecule has 4 nitrogen and oxygen atoms in total. The third-order valence-electron chi connectivity index (χ3n) is 2.30. The largest absolute Gasteiger partial charge is 0.394 e. The second-order valence-electron chi connectivity index (χ2n) is 3.99. The van der Waals surface area contributed by atoms with Crippen molar-refractivity contribution in [2.24, 2.45) is 0 Å². The Kier molecular flexibility index (Phi) is 9.89. The van der Waals surface area contributed by atoms with E-state index >= 15 is 0 Å². The zero-order valence-corrected chi connectivity index (χ0v) is 11.2. The molecule has 0 spiro atoms. The lowest BCUT2D eigenvalue weighted by Gasteiger charge is -2.08. The molecule has 2 unspecified atom stereocenters. The summed E-state index contributed by atoms with van der Waals surface area (Å²) < 4.78 is 16.2. The number of aliphatic hydroxyl groups excluding tert-OH is 1. The van der Waals surface area contributed by atoms with Gasteiger partial charge in [0, 0.05) is 6.42 Å². The average Bonchev–Trinajstić information content (AvgIpc) is 2.28. The Labute approximate surface area is 98.2 Å². The molecule has 0 aliphatic carbocycles. The van der Waals surface area contributed by atoms with E-state index in [1.807, 2.05) is 0 Å². The zero-order chi connectivity index (χ0) is 12.4. The minimum atomic E-state index is -2.62. The fourth-order valence-electron chi connectivity index (χ4n) is 1.28. The normalized spacial score (nSPS) is 14.7. The molecule has 0 aromatic carbocycles. The highest BCUT2D eigenvalue weighted by atomic mass is 31.1. The predicted octanol–water partition coefficient (Wildman–Crippen LogP) is 2.75. The van der Waals surface area contributed by atoms with Gasteiger partial charge in [0.1, 0.15) is 0 Å². The minimum Gasteiger partial charge on any atom is -0.394 e. The molecule has 0 aromatic rings. The Morgan fingerprint density at radius 3 is 2.50 bits per heavy atom. The molecule has 0 bridgehead atoms. The average molecular weight is 250 g/mol. The molecule has 0 fully saturated rings. The third-order valence-corrected chi connectivity index (χ3v) is 3.62. The van der Waals surface area contributed by atoms with Gasteiger partial charge in [-0.25, -0.2) is 0 Å². The molecule has 0 heterocycles. The van der Waals surface area contributed by atoms with Crippen LogP contribution in [-0.4, -0.2) is 23.3 Å². The number of hydrogen-bond donors (Lipinski definition) is 1. The van der Waals surface area contributed by atoms with Gasteiger partial charge in [0.05, 0.1) is 12.7 Å². The quantitative estimate of drug-likeness (QED) is 0.478. The summed E-state index contributed by atoms with van der Waals surface area (Å²) in [4.78, 5) is 11.4. The van der Waals surface area contributed by atoms with Gasteiger partial charge in [0.25, 0.3) is 8.03 Å². The van der Waals surface area contributed by atoms with Crippen molar-refractivity contribution in [3.05, 3.63) is 0 Å². The highest BCUT2D eigenvalue weighted by molar-refractivity contribution is 7.59. The third kappa shape index (κ3) is 8.03. The fourth-order valence-corrected chi connectivity index (χ4v) is 2.23. The molecular formula is C11H23O4P. The summed E-state index contributed by atoms with van der Waals surface area (Å²) in [6, 6.07) is 0. The van der Waals surface area contributed by atoms with Gasteiger partial charge in [0.2, 0.25) is 5.52 Å². The molecule has 16 heavy (non-hydrogen) atoms. The van der Waals surface area contributed by atoms with E-state index in [0.717, 1.165) is 19.3 Å². The van der Waals surface area contributed by atoms with E-state index in [0.29, 0.717) is 6.42 Å². The Morgan fingerprint density at radius 1 is 1.31 bits per heavy atom. The fraction of sp³-hybridized carbons (Fsp3) is 0.909. The van der Waals surface area contributed by atoms with Crippen LogP contribution >= 0.6 is 8.03 Å². The topological polar surface area (TPSA) is 63.6 Å². The van der Waals surface area contributed by atoms with Gasteiger partial charge in [0.15, 0.2) is 0 Å². The van der Waals surface area contributed by atoms with Gasteiger partial charge in [-0.2, -0.15) is 0 Å². The zero-order valence-electron chi connectivity index (χ0n) is 10.2. The van der Waals surface area contributed by atoms with E-state index in [1.165, 1.54) is 12.8 Å². The maximum Gasteiger partial charge on any atom is 0.255 e. The number of carbonyl (C=O) groups excluding carboxylic acids is 1. The summed E-state index contributed by atoms with van der Waals surface area (Å²) >= 11 is 0. The van der Waals surface area contributed by atoms with Crippen LogP contribution in [0.25, 0.3) is 0 Å². The smallest absolute Gasteiger partial charge is 0.255 e. The molecule has 5 heteroatoms. The van der Waals surface area contributed by atoms with Crippen LogP contribution in [0.4, 0.5) is 0 Å². The van der Waals surface area contributed by atoms with Crippen molar-refractivity contribution in [3.63, 3.8) is 0 Å². The van der Waals surface area contributed by atoms with Crippen molar-refractivity contribution in [2.75, 3.05) is 6.61 Å². The van der Waals surface area contributed by atoms with E-state index in [-0.39, 0.29) is 12.1 Å². The maximum absolute atomic E-state index is 11.4. The summed E-state index contributed by atoms with van der Waals surface area (Å²) in [7, 11) is -2.62. The van der Waals surface area contributed by atoms with Crippen LogP contribution in [0.1, 0.15) is 52.4 Å². The standard InChI is InChI=1S/C11H23O4P/c1-3-4-5-6-7-8-11(13)16(14)15-10(2)9-12/h10,12,16H,3-9H2,1-2H3. The van der Waals surface area contributed by atoms with Crippen molar-refractivity contribution < 1.29 is 19.0 Å². The van der Waals surface area contributed by atoms with Crippen LogP contribution < -0.4 is 0 Å². The van der Waals surface area contributed by atoms with Crippen molar-refractivity contribution in [2.45, 2.75) is 58.5 Å². The number of aliphatic hydroxyl groups is 1. The molecular weight excluding hydrogens is 227 g/mol. The Morgan fingerprint density at radius 2 is 1.94 bits per heavy atom. The molecule has 0 aliphatic heterocycles. The molecule has 0 aromatic heterocycles. The molecule has 0 amide bonds. The van der Waals surface area contributed by atoms with Crippen LogP contribution in [-0.2, 0) is 13.9 Å². The highest BCUT2D eigenvalue weighted by Gasteiger charge is 2.14. The second kappa shape index (κ2) is 10.0. The lowest BCUT2D eigenvalue weighted by Crippen LogP contribution is -2.10. The van der Waals surface area contributed by atoms with E-state index in [2.05, 4.69) is 6.92 Å². The first kappa shape index (κ1) is 15.8. The van der Waals surface area contributed by atoms with E-state index in [4.69, 9.17) is 9.63 Å². The van der Waals surface area contributed by atoms with Gasteiger partial charge in [-0.05, 0) is 13.3 Å². The van der Waals surface area contributed by atoms with Crippen molar-refractivity contribution >= 4 is 13.6 Å². The van der Waals surface area contributed by atoms with Gasteiger partial charge in [-0.1, -0.05) is 32.6 Å². The SMILES string of the molecule is CCCCCCCC(=O)[PH](=O)OC(C)CO. The molecule has 96 valence electrons. The number of hydrogen-bond acceptors (Lipinski definition) is 4. The Balaban J connectivity index is 3.59. The van der Waals surface area contributed by atoms with Gasteiger partial charge < -0.3 is 9.63 Å². The number of rotatable bonds is 10. The van der Waals surface area contributed by atoms with Crippen LogP contribution in [0.2, 0.25) is 0 Å². The van der Waals surface area contributed by atoms with E-state index in [9.17, 15) is 9.36 Å². The maximum atomic E-state index is 11.4. The molecule has 1 N–H and O–H groups in total. The lowest BCUT2D eigenvalue weighted by atomic mass is 10.1. The van der Waals surface area contributed by atoms with Crippen LogP contribution in [0.5, 0.6) is 0 Å². The molecule has 0 radical (unpaired) electrons. The monoisotopic (exact) mass is 250 g/mol. The first-order valence-electron chi connectivity index (χ1n) is 5.96. The first-order chi connectivity index (χ1) is 7.61. The summed E-state index contributed by atoms with van der Waals surface area (Å²) in [5.74, 6) is 0. The summed E-state index contributed by atoms with van der Waals surface area (Å²) in [5.41, 5.74) is -0.304. The molecule has 2 atom stereocenters. The highest BCUT2D eigenvalue weighted by Crippen LogP contribution is 2.28. The minimum absolute atomic E-state index is 0.208. The van der Waals surface area contributed by atoms with Gasteiger partial charge >= 0.3 is 0 Å². The van der Waals surface area contributed by atoms with Gasteiger partial charge in [-0.15, -0.1) is 0 Å². The first-order valence-corrected chi connectivity index (χ1v) is 7.28.